The highest BCUT2D eigenvalue weighted by Crippen LogP contribution is 2.27. The molecule has 0 saturated carbocycles. The van der Waals surface area contributed by atoms with Crippen molar-refractivity contribution < 1.29 is 29.4 Å². The third-order valence-corrected chi connectivity index (χ3v) is 7.44. The molecule has 0 saturated heterocycles. The lowest BCUT2D eigenvalue weighted by atomic mass is 10.3. The van der Waals surface area contributed by atoms with Gasteiger partial charge in [-0.3, -0.25) is 9.59 Å². The zero-order valence-electron chi connectivity index (χ0n) is 13.9. The van der Waals surface area contributed by atoms with Gasteiger partial charge < -0.3 is 20.8 Å². The Kier molecular flexibility index (Phi) is 14.0. The largest absolute Gasteiger partial charge is 0.480 e. The van der Waals surface area contributed by atoms with Crippen LogP contribution in [0.2, 0.25) is 0 Å². The van der Waals surface area contributed by atoms with Crippen LogP contribution in [0, 0.1) is 0 Å². The van der Waals surface area contributed by atoms with Gasteiger partial charge in [-0.1, -0.05) is 43.2 Å². The Morgan fingerprint density at radius 2 is 1.12 bits per heavy atom. The van der Waals surface area contributed by atoms with Crippen LogP contribution in [0.4, 0.5) is 0 Å². The summed E-state index contributed by atoms with van der Waals surface area (Å²) in [5.74, 6) is -0.630. The number of carbonyl (C=O) groups excluding carboxylic acids is 2. The van der Waals surface area contributed by atoms with Gasteiger partial charge in [-0.15, -0.1) is 0 Å². The molecule has 0 spiro atoms. The van der Waals surface area contributed by atoms with Crippen molar-refractivity contribution in [1.82, 2.24) is 10.6 Å². The summed E-state index contributed by atoms with van der Waals surface area (Å²) in [6.45, 7) is 2.56. The quantitative estimate of drug-likeness (QED) is 0.236. The Hall–Kier alpha value is -0.720. The fourth-order valence-corrected chi connectivity index (χ4v) is 6.03. The first-order valence-electron chi connectivity index (χ1n) is 7.22. The van der Waals surface area contributed by atoms with E-state index in [1.807, 2.05) is 0 Å². The van der Waals surface area contributed by atoms with E-state index in [1.165, 1.54) is 57.0 Å². The zero-order chi connectivity index (χ0) is 19.2. The molecule has 0 aliphatic carbocycles. The lowest BCUT2D eigenvalue weighted by Crippen LogP contribution is -2.41. The molecule has 0 bridgehead atoms. The van der Waals surface area contributed by atoms with Crippen molar-refractivity contribution in [3.8, 4) is 0 Å². The van der Waals surface area contributed by atoms with E-state index in [-0.39, 0.29) is 11.8 Å². The van der Waals surface area contributed by atoms with Gasteiger partial charge in [-0.05, 0) is 6.42 Å². The van der Waals surface area contributed by atoms with Gasteiger partial charge >= 0.3 is 11.9 Å². The molecule has 0 radical (unpaired) electrons. The minimum atomic E-state index is -1.05. The number of nitrogens with one attached hydrogen (secondary N) is 2. The second-order valence-electron chi connectivity index (χ2n) is 4.75. The maximum Gasteiger partial charge on any atom is 0.327 e. The van der Waals surface area contributed by atoms with Gasteiger partial charge in [0.05, 0.1) is 0 Å². The van der Waals surface area contributed by atoms with Gasteiger partial charge in [0.2, 0.25) is 11.8 Å². The Morgan fingerprint density at radius 3 is 1.40 bits per heavy atom. The van der Waals surface area contributed by atoms with Crippen LogP contribution in [0.3, 0.4) is 0 Å². The van der Waals surface area contributed by atoms with Crippen molar-refractivity contribution in [3.05, 3.63) is 0 Å². The standard InChI is InChI=1S/C13H22N2O6S4/c1-8(16)14-10(12(18)19)6-24-22-4-3-5-23-25-7-11(13(20)21)15-9(2)17/h10-11H,3-7H2,1-2H3,(H,14,16)(H,15,17)(H,18,19)(H,20,21). The topological polar surface area (TPSA) is 133 Å². The van der Waals surface area contributed by atoms with Gasteiger partial charge in [0.1, 0.15) is 12.1 Å². The lowest BCUT2D eigenvalue weighted by molar-refractivity contribution is -0.141. The number of amides is 2. The predicted molar refractivity (Wildman–Crippen MR) is 105 cm³/mol. The maximum atomic E-state index is 10.9. The smallest absolute Gasteiger partial charge is 0.327 e. The SMILES string of the molecule is CC(=O)NC(CSSCCCSSCC(NC(C)=O)C(=O)O)C(=O)O. The zero-order valence-corrected chi connectivity index (χ0v) is 17.1. The van der Waals surface area contributed by atoms with Crippen LogP contribution < -0.4 is 10.6 Å². The molecule has 0 rings (SSSR count). The number of carboxylic acid groups (broad SMARTS) is 2. The molecular formula is C13H22N2O6S4. The summed E-state index contributed by atoms with van der Waals surface area (Å²) >= 11 is 0. The molecule has 0 aromatic heterocycles. The third-order valence-electron chi connectivity index (χ3n) is 2.44. The van der Waals surface area contributed by atoms with Crippen LogP contribution in [0.15, 0.2) is 0 Å². The highest BCUT2D eigenvalue weighted by atomic mass is 33.1. The molecule has 0 fully saturated rings. The molecule has 144 valence electrons. The highest BCUT2D eigenvalue weighted by Gasteiger charge is 2.19. The van der Waals surface area contributed by atoms with Gasteiger partial charge in [0.15, 0.2) is 0 Å². The molecule has 0 aromatic rings. The van der Waals surface area contributed by atoms with E-state index >= 15 is 0 Å². The Balaban J connectivity index is 3.69. The molecule has 0 aliphatic heterocycles. The van der Waals surface area contributed by atoms with Crippen molar-refractivity contribution in [2.45, 2.75) is 32.4 Å². The minimum absolute atomic E-state index is 0.290. The molecule has 0 aromatic carbocycles. The van der Waals surface area contributed by atoms with Gasteiger partial charge in [0, 0.05) is 36.9 Å². The second-order valence-corrected chi connectivity index (χ2v) is 10.0. The third kappa shape index (κ3) is 14.2. The van der Waals surface area contributed by atoms with E-state index in [1.54, 1.807) is 0 Å². The normalized spacial score (nSPS) is 12.9. The fourth-order valence-electron chi connectivity index (χ4n) is 1.37. The van der Waals surface area contributed by atoms with E-state index in [4.69, 9.17) is 10.2 Å². The van der Waals surface area contributed by atoms with E-state index in [0.717, 1.165) is 17.9 Å². The number of carboxylic acids is 2. The average molecular weight is 431 g/mol. The van der Waals surface area contributed by atoms with Gasteiger partial charge in [-0.25, -0.2) is 9.59 Å². The predicted octanol–water partition coefficient (Wildman–Crippen LogP) is 1.32. The lowest BCUT2D eigenvalue weighted by Gasteiger charge is -2.12. The van der Waals surface area contributed by atoms with Crippen LogP contribution in [0.5, 0.6) is 0 Å². The molecule has 12 heteroatoms. The summed E-state index contributed by atoms with van der Waals surface area (Å²) in [4.78, 5) is 43.6. The van der Waals surface area contributed by atoms with Gasteiger partial charge in [0.25, 0.3) is 0 Å². The summed E-state index contributed by atoms with van der Waals surface area (Å²) in [5.41, 5.74) is 0. The fraction of sp³-hybridized carbons (Fsp3) is 0.692. The van der Waals surface area contributed by atoms with Crippen molar-refractivity contribution in [1.29, 1.82) is 0 Å². The summed E-state index contributed by atoms with van der Waals surface area (Å²) in [7, 11) is 5.85. The molecule has 8 nitrogen and oxygen atoms in total. The summed E-state index contributed by atoms with van der Waals surface area (Å²) in [5, 5.41) is 22.6. The molecule has 2 amide bonds. The number of aliphatic carboxylic acids is 2. The molecule has 0 aliphatic rings. The van der Waals surface area contributed by atoms with E-state index in [9.17, 15) is 19.2 Å². The number of carbonyl (C=O) groups is 4. The Bertz CT molecular complexity index is 426. The summed E-state index contributed by atoms with van der Waals surface area (Å²) in [6.07, 6.45) is 0.880. The first kappa shape index (κ1) is 24.3. The van der Waals surface area contributed by atoms with Crippen LogP contribution in [-0.4, -0.2) is 69.1 Å². The number of hydrogen-bond acceptors (Lipinski definition) is 8. The van der Waals surface area contributed by atoms with Crippen LogP contribution in [0.1, 0.15) is 20.3 Å². The van der Waals surface area contributed by atoms with Crippen LogP contribution >= 0.6 is 43.2 Å². The highest BCUT2D eigenvalue weighted by molar-refractivity contribution is 8.77. The first-order chi connectivity index (χ1) is 11.7. The monoisotopic (exact) mass is 430 g/mol. The molecule has 25 heavy (non-hydrogen) atoms. The molecule has 4 N–H and O–H groups in total. The van der Waals surface area contributed by atoms with Crippen LogP contribution in [0.25, 0.3) is 0 Å². The van der Waals surface area contributed by atoms with E-state index in [0.29, 0.717) is 11.5 Å². The van der Waals surface area contributed by atoms with Crippen molar-refractivity contribution >= 4 is 66.9 Å². The maximum absolute atomic E-state index is 10.9. The van der Waals surface area contributed by atoms with Crippen molar-refractivity contribution in [2.24, 2.45) is 0 Å². The van der Waals surface area contributed by atoms with Crippen LogP contribution in [-0.2, 0) is 19.2 Å². The second kappa shape index (κ2) is 14.4. The molecule has 0 heterocycles. The van der Waals surface area contributed by atoms with E-state index in [2.05, 4.69) is 10.6 Å². The molecule has 2 unspecified atom stereocenters. The summed E-state index contributed by atoms with van der Waals surface area (Å²) in [6, 6.07) is -1.77. The number of rotatable bonds is 14. The van der Waals surface area contributed by atoms with Crippen molar-refractivity contribution in [3.63, 3.8) is 0 Å². The Morgan fingerprint density at radius 1 is 0.760 bits per heavy atom. The van der Waals surface area contributed by atoms with Gasteiger partial charge in [-0.2, -0.15) is 0 Å². The Labute approximate surface area is 162 Å². The molecular weight excluding hydrogens is 408 g/mol. The van der Waals surface area contributed by atoms with Crippen molar-refractivity contribution in [2.75, 3.05) is 23.0 Å². The first-order valence-corrected chi connectivity index (χ1v) is 12.2. The molecule has 2 atom stereocenters. The minimum Gasteiger partial charge on any atom is -0.480 e. The average Bonchev–Trinajstić information content (AvgIpc) is 2.49. The van der Waals surface area contributed by atoms with E-state index < -0.39 is 24.0 Å². The number of hydrogen-bond donors (Lipinski definition) is 4. The summed E-state index contributed by atoms with van der Waals surface area (Å²) < 4.78 is 0.